The predicted molar refractivity (Wildman–Crippen MR) is 102 cm³/mol. The third kappa shape index (κ3) is 3.56. The van der Waals surface area contributed by atoms with E-state index < -0.39 is 0 Å². The predicted octanol–water partition coefficient (Wildman–Crippen LogP) is 2.75. The van der Waals surface area contributed by atoms with Gasteiger partial charge >= 0.3 is 0 Å². The molecule has 0 saturated carbocycles. The Balaban J connectivity index is 1.48. The SMILES string of the molecule is COc1cccc(-n2cnnc2SCC(=O)c2ccc3c(c2)CC(=O)N3)c1. The Labute approximate surface area is 159 Å². The van der Waals surface area contributed by atoms with E-state index in [0.717, 1.165) is 22.7 Å². The van der Waals surface area contributed by atoms with Gasteiger partial charge in [0.05, 0.1) is 25.0 Å². The van der Waals surface area contributed by atoms with Gasteiger partial charge in [0.25, 0.3) is 0 Å². The molecule has 8 heteroatoms. The first-order valence-electron chi connectivity index (χ1n) is 8.27. The number of carbonyl (C=O) groups is 2. The summed E-state index contributed by atoms with van der Waals surface area (Å²) in [5.74, 6) is 0.884. The molecule has 4 rings (SSSR count). The van der Waals surface area contributed by atoms with Crippen LogP contribution in [0.5, 0.6) is 5.75 Å². The lowest BCUT2D eigenvalue weighted by molar-refractivity contribution is -0.115. The average molecular weight is 380 g/mol. The Hall–Kier alpha value is -3.13. The van der Waals surface area contributed by atoms with Crippen LogP contribution in [0.25, 0.3) is 5.69 Å². The fourth-order valence-corrected chi connectivity index (χ4v) is 3.70. The summed E-state index contributed by atoms with van der Waals surface area (Å²) in [7, 11) is 1.61. The van der Waals surface area contributed by atoms with Crippen LogP contribution in [-0.4, -0.2) is 39.3 Å². The van der Waals surface area contributed by atoms with Crippen LogP contribution in [0.1, 0.15) is 15.9 Å². The Morgan fingerprint density at radius 3 is 3.04 bits per heavy atom. The number of benzene rings is 2. The number of carbonyl (C=O) groups excluding carboxylic acids is 2. The summed E-state index contributed by atoms with van der Waals surface area (Å²) in [5, 5.41) is 11.4. The highest BCUT2D eigenvalue weighted by Crippen LogP contribution is 2.26. The van der Waals surface area contributed by atoms with Gasteiger partial charge in [-0.3, -0.25) is 14.2 Å². The van der Waals surface area contributed by atoms with E-state index in [1.807, 2.05) is 28.8 Å². The van der Waals surface area contributed by atoms with Crippen molar-refractivity contribution in [3.05, 3.63) is 59.9 Å². The van der Waals surface area contributed by atoms with Gasteiger partial charge < -0.3 is 10.1 Å². The number of ether oxygens (including phenoxy) is 1. The second-order valence-corrected chi connectivity index (χ2v) is 6.94. The second kappa shape index (κ2) is 7.24. The van der Waals surface area contributed by atoms with Gasteiger partial charge in [-0.05, 0) is 35.9 Å². The molecule has 0 bridgehead atoms. The molecule has 0 saturated heterocycles. The molecule has 0 aliphatic carbocycles. The molecule has 0 fully saturated rings. The first-order chi connectivity index (χ1) is 13.1. The topological polar surface area (TPSA) is 86.1 Å². The molecule has 1 amide bonds. The fraction of sp³-hybridized carbons (Fsp3) is 0.158. The number of rotatable bonds is 6. The highest BCUT2D eigenvalue weighted by atomic mass is 32.2. The third-order valence-corrected chi connectivity index (χ3v) is 5.18. The van der Waals surface area contributed by atoms with Crippen molar-refractivity contribution in [2.75, 3.05) is 18.2 Å². The number of hydrogen-bond donors (Lipinski definition) is 1. The monoisotopic (exact) mass is 380 g/mol. The standard InChI is InChI=1S/C19H16N4O3S/c1-26-15-4-2-3-14(9-15)23-11-20-22-19(23)27-10-17(24)12-5-6-16-13(7-12)8-18(25)21-16/h2-7,9,11H,8,10H2,1H3,(H,21,25). The molecule has 27 heavy (non-hydrogen) atoms. The number of hydrogen-bond acceptors (Lipinski definition) is 6. The van der Waals surface area contributed by atoms with E-state index in [4.69, 9.17) is 4.74 Å². The van der Waals surface area contributed by atoms with Gasteiger partial charge in [0, 0.05) is 17.3 Å². The molecule has 3 aromatic rings. The van der Waals surface area contributed by atoms with Crippen molar-refractivity contribution in [3.63, 3.8) is 0 Å². The zero-order valence-electron chi connectivity index (χ0n) is 14.5. The van der Waals surface area contributed by atoms with Gasteiger partial charge in [-0.1, -0.05) is 17.8 Å². The maximum atomic E-state index is 12.6. The van der Waals surface area contributed by atoms with E-state index in [-0.39, 0.29) is 17.4 Å². The minimum atomic E-state index is -0.0460. The minimum absolute atomic E-state index is 0.0256. The van der Waals surface area contributed by atoms with E-state index in [1.54, 1.807) is 31.6 Å². The van der Waals surface area contributed by atoms with Gasteiger partial charge in [0.1, 0.15) is 12.1 Å². The quantitative estimate of drug-likeness (QED) is 0.523. The van der Waals surface area contributed by atoms with Crippen molar-refractivity contribution in [3.8, 4) is 11.4 Å². The van der Waals surface area contributed by atoms with E-state index >= 15 is 0 Å². The Morgan fingerprint density at radius 1 is 1.30 bits per heavy atom. The molecule has 136 valence electrons. The second-order valence-electron chi connectivity index (χ2n) is 5.99. The van der Waals surface area contributed by atoms with Crippen molar-refractivity contribution < 1.29 is 14.3 Å². The van der Waals surface area contributed by atoms with Crippen LogP contribution in [0.2, 0.25) is 0 Å². The lowest BCUT2D eigenvalue weighted by Crippen LogP contribution is -2.04. The number of methoxy groups -OCH3 is 1. The molecule has 1 N–H and O–H groups in total. The number of nitrogens with zero attached hydrogens (tertiary/aromatic N) is 3. The van der Waals surface area contributed by atoms with Crippen LogP contribution >= 0.6 is 11.8 Å². The molecular weight excluding hydrogens is 364 g/mol. The Morgan fingerprint density at radius 2 is 2.19 bits per heavy atom. The smallest absolute Gasteiger partial charge is 0.228 e. The first-order valence-corrected chi connectivity index (χ1v) is 9.26. The van der Waals surface area contributed by atoms with Crippen molar-refractivity contribution in [2.45, 2.75) is 11.6 Å². The van der Waals surface area contributed by atoms with Gasteiger partial charge in [0.2, 0.25) is 5.91 Å². The number of fused-ring (bicyclic) bond motifs is 1. The van der Waals surface area contributed by atoms with Crippen LogP contribution in [-0.2, 0) is 11.2 Å². The van der Waals surface area contributed by atoms with Crippen LogP contribution in [0.15, 0.2) is 53.9 Å². The fourth-order valence-electron chi connectivity index (χ4n) is 2.88. The number of ketones is 1. The van der Waals surface area contributed by atoms with Crippen molar-refractivity contribution in [1.82, 2.24) is 14.8 Å². The van der Waals surface area contributed by atoms with Crippen LogP contribution in [0.3, 0.4) is 0 Å². The van der Waals surface area contributed by atoms with Crippen molar-refractivity contribution in [1.29, 1.82) is 0 Å². The summed E-state index contributed by atoms with van der Waals surface area (Å²) in [6.45, 7) is 0. The van der Waals surface area contributed by atoms with Gasteiger partial charge in [-0.25, -0.2) is 0 Å². The molecule has 1 aliphatic heterocycles. The van der Waals surface area contributed by atoms with Crippen molar-refractivity contribution >= 4 is 29.1 Å². The van der Waals surface area contributed by atoms with E-state index in [0.29, 0.717) is 17.1 Å². The van der Waals surface area contributed by atoms with E-state index in [1.165, 1.54) is 11.8 Å². The Bertz CT molecular complexity index is 1030. The highest BCUT2D eigenvalue weighted by molar-refractivity contribution is 7.99. The molecule has 1 aliphatic rings. The number of thioether (sulfide) groups is 1. The number of anilines is 1. The van der Waals surface area contributed by atoms with Crippen molar-refractivity contribution in [2.24, 2.45) is 0 Å². The van der Waals surface area contributed by atoms with Gasteiger partial charge in [-0.15, -0.1) is 10.2 Å². The van der Waals surface area contributed by atoms with E-state index in [2.05, 4.69) is 15.5 Å². The number of Topliss-reactive ketones (excluding diaryl/α,β-unsaturated/α-hetero) is 1. The van der Waals surface area contributed by atoms with Crippen LogP contribution < -0.4 is 10.1 Å². The summed E-state index contributed by atoms with van der Waals surface area (Å²) < 4.78 is 7.06. The summed E-state index contributed by atoms with van der Waals surface area (Å²) in [5.41, 5.74) is 3.08. The molecule has 0 spiro atoms. The minimum Gasteiger partial charge on any atom is -0.497 e. The average Bonchev–Trinajstić information content (AvgIpc) is 3.30. The van der Waals surface area contributed by atoms with Crippen LogP contribution in [0, 0.1) is 0 Å². The Kier molecular flexibility index (Phi) is 4.64. The first kappa shape index (κ1) is 17.3. The lowest BCUT2D eigenvalue weighted by Gasteiger charge is -2.08. The third-order valence-electron chi connectivity index (χ3n) is 4.23. The summed E-state index contributed by atoms with van der Waals surface area (Å²) in [4.78, 5) is 24.0. The zero-order chi connectivity index (χ0) is 18.8. The van der Waals surface area contributed by atoms with Gasteiger partial charge in [-0.2, -0.15) is 0 Å². The van der Waals surface area contributed by atoms with E-state index in [9.17, 15) is 9.59 Å². The molecule has 0 radical (unpaired) electrons. The molecular formula is C19H16N4O3S. The highest BCUT2D eigenvalue weighted by Gasteiger charge is 2.19. The maximum absolute atomic E-state index is 12.6. The van der Waals surface area contributed by atoms with Crippen LogP contribution in [0.4, 0.5) is 5.69 Å². The zero-order valence-corrected chi connectivity index (χ0v) is 15.3. The number of aromatic nitrogens is 3. The normalized spacial score (nSPS) is 12.6. The largest absolute Gasteiger partial charge is 0.497 e. The summed E-state index contributed by atoms with van der Waals surface area (Å²) in [6.07, 6.45) is 1.92. The maximum Gasteiger partial charge on any atom is 0.228 e. The molecule has 1 aromatic heterocycles. The molecule has 0 atom stereocenters. The summed E-state index contributed by atoms with van der Waals surface area (Å²) >= 11 is 1.32. The summed E-state index contributed by atoms with van der Waals surface area (Å²) in [6, 6.07) is 12.8. The van der Waals surface area contributed by atoms with Gasteiger partial charge in [0.15, 0.2) is 10.9 Å². The lowest BCUT2D eigenvalue weighted by atomic mass is 10.1. The molecule has 0 unspecified atom stereocenters. The molecule has 7 nitrogen and oxygen atoms in total. The molecule has 2 heterocycles. The number of nitrogens with one attached hydrogen (secondary N) is 1. The number of amides is 1. The molecule has 2 aromatic carbocycles.